The van der Waals surface area contributed by atoms with Crippen LogP contribution in [0.25, 0.3) is 0 Å². The van der Waals surface area contributed by atoms with E-state index >= 15 is 0 Å². The largest absolute Gasteiger partial charge is 0.419 e. The summed E-state index contributed by atoms with van der Waals surface area (Å²) in [5.74, 6) is -0.720. The van der Waals surface area contributed by atoms with E-state index in [1.807, 2.05) is 0 Å². The minimum absolute atomic E-state index is 0.0229. The summed E-state index contributed by atoms with van der Waals surface area (Å²) in [6.07, 6.45) is 0.102. The Morgan fingerprint density at radius 3 is 2.54 bits per heavy atom. The molecule has 26 heavy (non-hydrogen) atoms. The Morgan fingerprint density at radius 2 is 1.88 bits per heavy atom. The molecule has 1 fully saturated rings. The van der Waals surface area contributed by atoms with E-state index < -0.39 is 17.2 Å². The van der Waals surface area contributed by atoms with Crippen molar-refractivity contribution in [2.24, 2.45) is 0 Å². The average molecular weight is 378 g/mol. The lowest BCUT2D eigenvalue weighted by molar-refractivity contribution is -0.385. The zero-order valence-electron chi connectivity index (χ0n) is 13.7. The van der Waals surface area contributed by atoms with Gasteiger partial charge in [0.15, 0.2) is 6.29 Å². The van der Waals surface area contributed by atoms with Crippen molar-refractivity contribution in [3.63, 3.8) is 0 Å². The molecule has 1 heterocycles. The molecule has 1 aliphatic rings. The van der Waals surface area contributed by atoms with Crippen LogP contribution in [0.4, 0.5) is 5.69 Å². The van der Waals surface area contributed by atoms with Crippen molar-refractivity contribution in [2.45, 2.75) is 19.1 Å². The minimum atomic E-state index is -0.652. The molecule has 0 unspecified atom stereocenters. The van der Waals surface area contributed by atoms with Crippen molar-refractivity contribution in [3.05, 3.63) is 68.7 Å². The Kier molecular flexibility index (Phi) is 5.82. The van der Waals surface area contributed by atoms with Crippen LogP contribution in [0.5, 0.6) is 5.75 Å². The second-order valence-corrected chi connectivity index (χ2v) is 6.13. The zero-order chi connectivity index (χ0) is 18.5. The number of rotatable bonds is 5. The molecule has 3 rings (SSSR count). The number of halogens is 1. The molecular formula is C18H16ClNO6. The number of hydrogen-bond acceptors (Lipinski definition) is 6. The third-order valence-electron chi connectivity index (χ3n) is 3.76. The maximum absolute atomic E-state index is 12.1. The molecule has 136 valence electrons. The van der Waals surface area contributed by atoms with Gasteiger partial charge in [-0.05, 0) is 36.2 Å². The van der Waals surface area contributed by atoms with E-state index in [1.54, 1.807) is 30.3 Å². The van der Waals surface area contributed by atoms with Crippen LogP contribution >= 0.6 is 11.6 Å². The van der Waals surface area contributed by atoms with Crippen molar-refractivity contribution in [2.75, 3.05) is 13.2 Å². The summed E-state index contributed by atoms with van der Waals surface area (Å²) >= 11 is 5.80. The summed E-state index contributed by atoms with van der Waals surface area (Å²) in [7, 11) is 0. The molecule has 0 N–H and O–H groups in total. The van der Waals surface area contributed by atoms with E-state index in [0.29, 0.717) is 29.4 Å². The molecule has 0 atom stereocenters. The van der Waals surface area contributed by atoms with Crippen molar-refractivity contribution < 1.29 is 23.9 Å². The van der Waals surface area contributed by atoms with Crippen LogP contribution in [0.15, 0.2) is 42.5 Å². The molecule has 7 nitrogen and oxygen atoms in total. The normalized spacial score (nSPS) is 14.8. The standard InChI is InChI=1S/C18H16ClNO6/c19-14-5-2-12(3-6-14)10-17(21)26-16-7-4-13(11-15(16)20(22)23)18-24-8-1-9-25-18/h2-7,11,18H,1,8-10H2. The number of esters is 1. The lowest BCUT2D eigenvalue weighted by atomic mass is 10.1. The molecule has 0 bridgehead atoms. The van der Waals surface area contributed by atoms with Gasteiger partial charge in [0.2, 0.25) is 5.75 Å². The summed E-state index contributed by atoms with van der Waals surface area (Å²) in [5.41, 5.74) is 0.890. The average Bonchev–Trinajstić information content (AvgIpc) is 2.64. The van der Waals surface area contributed by atoms with Gasteiger partial charge in [0.25, 0.3) is 0 Å². The Bertz CT molecular complexity index is 802. The molecule has 0 radical (unpaired) electrons. The smallest absolute Gasteiger partial charge is 0.315 e. The van der Waals surface area contributed by atoms with Gasteiger partial charge < -0.3 is 14.2 Å². The number of hydrogen-bond donors (Lipinski definition) is 0. The minimum Gasteiger partial charge on any atom is -0.419 e. The van der Waals surface area contributed by atoms with Crippen molar-refractivity contribution >= 4 is 23.3 Å². The monoisotopic (exact) mass is 377 g/mol. The molecule has 0 aromatic heterocycles. The highest BCUT2D eigenvalue weighted by Crippen LogP contribution is 2.33. The van der Waals surface area contributed by atoms with Crippen LogP contribution in [-0.2, 0) is 20.7 Å². The van der Waals surface area contributed by atoms with Crippen molar-refractivity contribution in [1.29, 1.82) is 0 Å². The van der Waals surface area contributed by atoms with Gasteiger partial charge >= 0.3 is 11.7 Å². The molecule has 8 heteroatoms. The zero-order valence-corrected chi connectivity index (χ0v) is 14.5. The summed E-state index contributed by atoms with van der Waals surface area (Å²) in [5, 5.41) is 11.9. The van der Waals surface area contributed by atoms with Crippen LogP contribution in [-0.4, -0.2) is 24.1 Å². The molecule has 1 saturated heterocycles. The molecule has 0 aliphatic carbocycles. The number of nitro groups is 1. The Hall–Kier alpha value is -2.48. The highest BCUT2D eigenvalue weighted by atomic mass is 35.5. The van der Waals surface area contributed by atoms with Gasteiger partial charge in [-0.1, -0.05) is 23.7 Å². The number of nitrogens with zero attached hydrogens (tertiary/aromatic N) is 1. The van der Waals surface area contributed by atoms with Crippen molar-refractivity contribution in [3.8, 4) is 5.75 Å². The van der Waals surface area contributed by atoms with E-state index in [1.165, 1.54) is 12.1 Å². The first kappa shape index (κ1) is 18.3. The maximum atomic E-state index is 12.1. The first-order chi connectivity index (χ1) is 12.5. The summed E-state index contributed by atoms with van der Waals surface area (Å²) < 4.78 is 16.1. The van der Waals surface area contributed by atoms with Gasteiger partial charge in [-0.15, -0.1) is 0 Å². The van der Waals surface area contributed by atoms with E-state index in [0.717, 1.165) is 6.42 Å². The van der Waals surface area contributed by atoms with Crippen LogP contribution in [0.2, 0.25) is 5.02 Å². The highest BCUT2D eigenvalue weighted by molar-refractivity contribution is 6.30. The summed E-state index contributed by atoms with van der Waals surface area (Å²) in [4.78, 5) is 22.9. The third kappa shape index (κ3) is 4.57. The second-order valence-electron chi connectivity index (χ2n) is 5.69. The quantitative estimate of drug-likeness (QED) is 0.340. The summed E-state index contributed by atoms with van der Waals surface area (Å²) in [6.45, 7) is 1.05. The molecular weight excluding hydrogens is 362 g/mol. The fourth-order valence-corrected chi connectivity index (χ4v) is 2.64. The Morgan fingerprint density at radius 1 is 1.19 bits per heavy atom. The maximum Gasteiger partial charge on any atom is 0.315 e. The van der Waals surface area contributed by atoms with Gasteiger partial charge in [-0.3, -0.25) is 14.9 Å². The molecule has 0 saturated carbocycles. The molecule has 0 amide bonds. The van der Waals surface area contributed by atoms with Gasteiger partial charge in [0.1, 0.15) is 0 Å². The molecule has 0 spiro atoms. The van der Waals surface area contributed by atoms with Gasteiger partial charge in [0.05, 0.1) is 24.6 Å². The number of benzene rings is 2. The Labute approximate surface area is 154 Å². The highest BCUT2D eigenvalue weighted by Gasteiger charge is 2.24. The SMILES string of the molecule is O=C(Cc1ccc(Cl)cc1)Oc1ccc(C2OCCCO2)cc1[N+](=O)[O-]. The lowest BCUT2D eigenvalue weighted by Crippen LogP contribution is -2.18. The number of ether oxygens (including phenoxy) is 3. The van der Waals surface area contributed by atoms with Gasteiger partial charge in [-0.25, -0.2) is 0 Å². The van der Waals surface area contributed by atoms with Crippen molar-refractivity contribution in [1.82, 2.24) is 0 Å². The fourth-order valence-electron chi connectivity index (χ4n) is 2.52. The van der Waals surface area contributed by atoms with E-state index in [-0.39, 0.29) is 17.9 Å². The number of carbonyl (C=O) groups is 1. The molecule has 2 aromatic carbocycles. The van der Waals surface area contributed by atoms with Crippen LogP contribution in [0, 0.1) is 10.1 Å². The topological polar surface area (TPSA) is 87.9 Å². The van der Waals surface area contributed by atoms with E-state index in [9.17, 15) is 14.9 Å². The fraction of sp³-hybridized carbons (Fsp3) is 0.278. The lowest BCUT2D eigenvalue weighted by Gasteiger charge is -2.23. The number of carbonyl (C=O) groups excluding carboxylic acids is 1. The van der Waals surface area contributed by atoms with Crippen LogP contribution in [0.1, 0.15) is 23.8 Å². The van der Waals surface area contributed by atoms with Crippen LogP contribution < -0.4 is 4.74 Å². The predicted octanol–water partition coefficient (Wildman–Crippen LogP) is 3.83. The van der Waals surface area contributed by atoms with Gasteiger partial charge in [0, 0.05) is 16.7 Å². The van der Waals surface area contributed by atoms with E-state index in [2.05, 4.69) is 0 Å². The molecule has 2 aromatic rings. The van der Waals surface area contributed by atoms with E-state index in [4.69, 9.17) is 25.8 Å². The van der Waals surface area contributed by atoms with Crippen LogP contribution in [0.3, 0.4) is 0 Å². The van der Waals surface area contributed by atoms with Gasteiger partial charge in [-0.2, -0.15) is 0 Å². The Balaban J connectivity index is 1.74. The number of nitro benzene ring substituents is 1. The third-order valence-corrected chi connectivity index (χ3v) is 4.02. The first-order valence-corrected chi connectivity index (χ1v) is 8.37. The first-order valence-electron chi connectivity index (χ1n) is 7.99. The predicted molar refractivity (Wildman–Crippen MR) is 93.1 cm³/mol. The second kappa shape index (κ2) is 8.27. The molecule has 1 aliphatic heterocycles. The summed E-state index contributed by atoms with van der Waals surface area (Å²) in [6, 6.07) is 11.0.